The van der Waals surface area contributed by atoms with Crippen LogP contribution in [0.4, 0.5) is 0 Å². The van der Waals surface area contributed by atoms with Gasteiger partial charge in [0.15, 0.2) is 0 Å². The summed E-state index contributed by atoms with van der Waals surface area (Å²) < 4.78 is 27.6. The molecule has 31 heavy (non-hydrogen) atoms. The molecule has 0 saturated heterocycles. The molecule has 0 saturated carbocycles. The van der Waals surface area contributed by atoms with Gasteiger partial charge in [0, 0.05) is 46.1 Å². The van der Waals surface area contributed by atoms with Crippen molar-refractivity contribution < 1.29 is 13.2 Å². The lowest BCUT2D eigenvalue weighted by Crippen LogP contribution is -2.40. The van der Waals surface area contributed by atoms with Gasteiger partial charge in [-0.05, 0) is 48.0 Å². The van der Waals surface area contributed by atoms with Gasteiger partial charge in [-0.2, -0.15) is 4.31 Å². The second-order valence-electron chi connectivity index (χ2n) is 6.57. The first-order chi connectivity index (χ1) is 14.8. The Kier molecular flexibility index (Phi) is 7.91. The molecule has 0 unspecified atom stereocenters. The molecular weight excluding hydrogens is 481 g/mol. The van der Waals surface area contributed by atoms with Gasteiger partial charge in [-0.25, -0.2) is 8.42 Å². The van der Waals surface area contributed by atoms with E-state index in [2.05, 4.69) is 10.3 Å². The number of hydrogen-bond donors (Lipinski definition) is 1. The van der Waals surface area contributed by atoms with Crippen LogP contribution in [0.2, 0.25) is 15.1 Å². The van der Waals surface area contributed by atoms with E-state index in [0.29, 0.717) is 20.6 Å². The maximum absolute atomic E-state index is 13.3. The van der Waals surface area contributed by atoms with Crippen LogP contribution >= 0.6 is 34.8 Å². The normalized spacial score (nSPS) is 11.5. The SMILES string of the molecule is O=C(CN(Cc1c(Cl)cccc1Cl)S(=O)(=O)c1ccc(Cl)cc1)NCc1cccnc1. The van der Waals surface area contributed by atoms with Crippen LogP contribution in [0.1, 0.15) is 11.1 Å². The molecule has 2 aromatic carbocycles. The molecule has 0 radical (unpaired) electrons. The van der Waals surface area contributed by atoms with Gasteiger partial charge in [0.2, 0.25) is 15.9 Å². The fourth-order valence-corrected chi connectivity index (χ4v) is 4.77. The van der Waals surface area contributed by atoms with Gasteiger partial charge >= 0.3 is 0 Å². The van der Waals surface area contributed by atoms with Crippen LogP contribution < -0.4 is 5.32 Å². The van der Waals surface area contributed by atoms with Crippen LogP contribution in [0.5, 0.6) is 0 Å². The first kappa shape index (κ1) is 23.5. The Bertz CT molecular complexity index is 1140. The van der Waals surface area contributed by atoms with Gasteiger partial charge in [-0.1, -0.05) is 46.9 Å². The van der Waals surface area contributed by atoms with E-state index in [4.69, 9.17) is 34.8 Å². The third-order valence-electron chi connectivity index (χ3n) is 4.38. The number of carbonyl (C=O) groups excluding carboxylic acids is 1. The molecule has 0 aliphatic heterocycles. The minimum Gasteiger partial charge on any atom is -0.351 e. The van der Waals surface area contributed by atoms with Crippen molar-refractivity contribution in [3.05, 3.63) is 93.2 Å². The van der Waals surface area contributed by atoms with Crippen molar-refractivity contribution in [2.24, 2.45) is 0 Å². The predicted molar refractivity (Wildman–Crippen MR) is 122 cm³/mol. The molecule has 0 atom stereocenters. The van der Waals surface area contributed by atoms with Crippen molar-refractivity contribution >= 4 is 50.7 Å². The van der Waals surface area contributed by atoms with E-state index in [1.807, 2.05) is 0 Å². The van der Waals surface area contributed by atoms with Crippen LogP contribution in [0.15, 0.2) is 71.9 Å². The first-order valence-corrected chi connectivity index (χ1v) is 11.7. The monoisotopic (exact) mass is 497 g/mol. The summed E-state index contributed by atoms with van der Waals surface area (Å²) in [5.41, 5.74) is 1.19. The minimum atomic E-state index is -4.04. The number of sulfonamides is 1. The molecule has 0 spiro atoms. The molecule has 1 heterocycles. The van der Waals surface area contributed by atoms with Gasteiger partial charge in [-0.15, -0.1) is 0 Å². The number of amides is 1. The quantitative estimate of drug-likeness (QED) is 0.494. The average molecular weight is 499 g/mol. The van der Waals surface area contributed by atoms with Crippen LogP contribution in [0.3, 0.4) is 0 Å². The number of nitrogens with one attached hydrogen (secondary N) is 1. The minimum absolute atomic E-state index is 0.000125. The largest absolute Gasteiger partial charge is 0.351 e. The summed E-state index contributed by atoms with van der Waals surface area (Å²) in [5.74, 6) is -0.482. The van der Waals surface area contributed by atoms with Crippen molar-refractivity contribution in [3.8, 4) is 0 Å². The predicted octanol–water partition coefficient (Wildman–Crippen LogP) is 4.55. The zero-order valence-electron chi connectivity index (χ0n) is 16.1. The van der Waals surface area contributed by atoms with Crippen molar-refractivity contribution in [3.63, 3.8) is 0 Å². The number of hydrogen-bond acceptors (Lipinski definition) is 4. The smallest absolute Gasteiger partial charge is 0.243 e. The van der Waals surface area contributed by atoms with Gasteiger partial charge in [0.05, 0.1) is 11.4 Å². The molecule has 10 heteroatoms. The Morgan fingerprint density at radius 3 is 2.26 bits per heavy atom. The fraction of sp³-hybridized carbons (Fsp3) is 0.143. The Hall–Kier alpha value is -2.16. The molecule has 1 aromatic heterocycles. The molecule has 3 aromatic rings. The van der Waals surface area contributed by atoms with E-state index in [1.165, 1.54) is 24.3 Å². The van der Waals surface area contributed by atoms with Crippen LogP contribution in [-0.2, 0) is 27.9 Å². The van der Waals surface area contributed by atoms with E-state index < -0.39 is 22.5 Å². The van der Waals surface area contributed by atoms with Gasteiger partial charge in [0.25, 0.3) is 0 Å². The molecule has 162 valence electrons. The zero-order chi connectivity index (χ0) is 22.4. The third-order valence-corrected chi connectivity index (χ3v) is 7.15. The second kappa shape index (κ2) is 10.4. The highest BCUT2D eigenvalue weighted by atomic mass is 35.5. The highest BCUT2D eigenvalue weighted by Gasteiger charge is 2.28. The van der Waals surface area contributed by atoms with E-state index in [1.54, 1.807) is 42.7 Å². The average Bonchev–Trinajstić information content (AvgIpc) is 2.75. The summed E-state index contributed by atoms with van der Waals surface area (Å²) in [6.07, 6.45) is 3.24. The summed E-state index contributed by atoms with van der Waals surface area (Å²) in [6.45, 7) is -0.384. The van der Waals surface area contributed by atoms with E-state index in [0.717, 1.165) is 9.87 Å². The molecule has 0 aliphatic rings. The Morgan fingerprint density at radius 1 is 0.968 bits per heavy atom. The van der Waals surface area contributed by atoms with Crippen LogP contribution in [0, 0.1) is 0 Å². The van der Waals surface area contributed by atoms with Crippen LogP contribution in [0.25, 0.3) is 0 Å². The number of carbonyl (C=O) groups is 1. The summed E-state index contributed by atoms with van der Waals surface area (Å²) in [5, 5.41) is 3.71. The van der Waals surface area contributed by atoms with Crippen molar-refractivity contribution in [2.45, 2.75) is 18.0 Å². The maximum atomic E-state index is 13.3. The molecular formula is C21H18Cl3N3O3S. The lowest BCUT2D eigenvalue weighted by atomic mass is 10.2. The highest BCUT2D eigenvalue weighted by Crippen LogP contribution is 2.28. The molecule has 1 amide bonds. The Labute approximate surface area is 195 Å². The van der Waals surface area contributed by atoms with Crippen LogP contribution in [-0.4, -0.2) is 30.2 Å². The number of rotatable bonds is 8. The second-order valence-corrected chi connectivity index (χ2v) is 9.75. The van der Waals surface area contributed by atoms with E-state index in [-0.39, 0.29) is 18.0 Å². The van der Waals surface area contributed by atoms with E-state index >= 15 is 0 Å². The van der Waals surface area contributed by atoms with Gasteiger partial charge < -0.3 is 5.32 Å². The molecule has 6 nitrogen and oxygen atoms in total. The van der Waals surface area contributed by atoms with Gasteiger partial charge in [0.1, 0.15) is 0 Å². The summed E-state index contributed by atoms with van der Waals surface area (Å²) in [4.78, 5) is 16.6. The number of pyridine rings is 1. The van der Waals surface area contributed by atoms with Crippen molar-refractivity contribution in [1.82, 2.24) is 14.6 Å². The number of nitrogens with zero attached hydrogens (tertiary/aromatic N) is 2. The summed E-state index contributed by atoms with van der Waals surface area (Å²) in [6, 6.07) is 14.1. The first-order valence-electron chi connectivity index (χ1n) is 9.11. The number of benzene rings is 2. The Morgan fingerprint density at radius 2 is 1.65 bits per heavy atom. The highest BCUT2D eigenvalue weighted by molar-refractivity contribution is 7.89. The number of aromatic nitrogens is 1. The lowest BCUT2D eigenvalue weighted by Gasteiger charge is -2.23. The molecule has 0 aliphatic carbocycles. The molecule has 0 bridgehead atoms. The molecule has 1 N–H and O–H groups in total. The fourth-order valence-electron chi connectivity index (χ4n) is 2.76. The van der Waals surface area contributed by atoms with Crippen molar-refractivity contribution in [2.75, 3.05) is 6.54 Å². The summed E-state index contributed by atoms with van der Waals surface area (Å²) in [7, 11) is -4.04. The zero-order valence-corrected chi connectivity index (χ0v) is 19.2. The summed E-state index contributed by atoms with van der Waals surface area (Å²) >= 11 is 18.4. The van der Waals surface area contributed by atoms with E-state index in [9.17, 15) is 13.2 Å². The lowest BCUT2D eigenvalue weighted by molar-refractivity contribution is -0.121. The number of halogens is 3. The van der Waals surface area contributed by atoms with Gasteiger partial charge in [-0.3, -0.25) is 9.78 Å². The maximum Gasteiger partial charge on any atom is 0.243 e. The third kappa shape index (κ3) is 6.18. The topological polar surface area (TPSA) is 79.4 Å². The van der Waals surface area contributed by atoms with Crippen molar-refractivity contribution in [1.29, 1.82) is 0 Å². The standard InChI is InChI=1S/C21H18Cl3N3O3S/c22-16-6-8-17(9-7-16)31(29,30)27(13-18-19(23)4-1-5-20(18)24)14-21(28)26-12-15-3-2-10-25-11-15/h1-11H,12-14H2,(H,26,28). The molecule has 0 fully saturated rings. The molecule has 3 rings (SSSR count). The Balaban J connectivity index is 1.86.